The van der Waals surface area contributed by atoms with Crippen LogP contribution in [0.4, 0.5) is 16.2 Å². The fourth-order valence-corrected chi connectivity index (χ4v) is 2.77. The lowest BCUT2D eigenvalue weighted by Gasteiger charge is -2.36. The molecule has 1 aliphatic rings. The minimum absolute atomic E-state index is 0.139. The summed E-state index contributed by atoms with van der Waals surface area (Å²) in [6.45, 7) is 12.7. The first kappa shape index (κ1) is 17.6. The number of nitrogens with one attached hydrogen (secondary N) is 2. The minimum Gasteiger partial charge on any atom is -0.369 e. The van der Waals surface area contributed by atoms with E-state index in [0.717, 1.165) is 31.9 Å². The summed E-state index contributed by atoms with van der Waals surface area (Å²) in [7, 11) is 0. The lowest BCUT2D eigenvalue weighted by Crippen LogP contribution is -2.46. The van der Waals surface area contributed by atoms with Gasteiger partial charge in [0.15, 0.2) is 0 Å². The number of hydrogen-bond acceptors (Lipinski definition) is 3. The Morgan fingerprint density at radius 1 is 1.13 bits per heavy atom. The Labute approximate surface area is 140 Å². The molecule has 1 fully saturated rings. The number of piperazine rings is 1. The molecule has 2 rings (SSSR count). The third-order valence-electron chi connectivity index (χ3n) is 4.07. The summed E-state index contributed by atoms with van der Waals surface area (Å²) in [5.41, 5.74) is 2.06. The first-order valence-electron chi connectivity index (χ1n) is 8.70. The lowest BCUT2D eigenvalue weighted by atomic mass is 10.2. The molecule has 1 aliphatic heterocycles. The molecule has 128 valence electrons. The van der Waals surface area contributed by atoms with Gasteiger partial charge in [-0.2, -0.15) is 0 Å². The van der Waals surface area contributed by atoms with Crippen LogP contribution in [-0.2, 0) is 0 Å². The smallest absolute Gasteiger partial charge is 0.319 e. The van der Waals surface area contributed by atoms with Crippen LogP contribution in [0, 0.1) is 5.92 Å². The van der Waals surface area contributed by atoms with Crippen molar-refractivity contribution in [3.8, 4) is 0 Å². The van der Waals surface area contributed by atoms with Gasteiger partial charge in [-0.15, -0.1) is 0 Å². The summed E-state index contributed by atoms with van der Waals surface area (Å²) < 4.78 is 0. The van der Waals surface area contributed by atoms with Gasteiger partial charge < -0.3 is 15.5 Å². The highest BCUT2D eigenvalue weighted by atomic mass is 16.2. The molecule has 0 saturated carbocycles. The predicted octanol–water partition coefficient (Wildman–Crippen LogP) is 3.00. The van der Waals surface area contributed by atoms with Gasteiger partial charge in [0.05, 0.1) is 0 Å². The van der Waals surface area contributed by atoms with Crippen LogP contribution in [0.2, 0.25) is 0 Å². The van der Waals surface area contributed by atoms with Crippen molar-refractivity contribution in [3.05, 3.63) is 24.3 Å². The average molecular weight is 318 g/mol. The van der Waals surface area contributed by atoms with E-state index in [4.69, 9.17) is 0 Å². The van der Waals surface area contributed by atoms with Crippen molar-refractivity contribution in [1.82, 2.24) is 10.2 Å². The molecular formula is C18H30N4O. The van der Waals surface area contributed by atoms with Crippen molar-refractivity contribution in [2.45, 2.75) is 27.2 Å². The fraction of sp³-hybridized carbons (Fsp3) is 0.611. The van der Waals surface area contributed by atoms with E-state index in [-0.39, 0.29) is 6.03 Å². The molecule has 0 atom stereocenters. The SMILES string of the molecule is CCCN1CCN(c2ccc(NC(=O)NCC(C)C)cc2)CC1. The van der Waals surface area contributed by atoms with Crippen molar-refractivity contribution in [2.75, 3.05) is 49.5 Å². The number of urea groups is 1. The molecule has 0 bridgehead atoms. The third-order valence-corrected chi connectivity index (χ3v) is 4.07. The topological polar surface area (TPSA) is 47.6 Å². The number of rotatable bonds is 6. The zero-order chi connectivity index (χ0) is 16.7. The van der Waals surface area contributed by atoms with Gasteiger partial charge in [0.1, 0.15) is 0 Å². The second-order valence-corrected chi connectivity index (χ2v) is 6.60. The Bertz CT molecular complexity index is 478. The predicted molar refractivity (Wildman–Crippen MR) is 97.2 cm³/mol. The number of hydrogen-bond donors (Lipinski definition) is 2. The maximum Gasteiger partial charge on any atom is 0.319 e. The van der Waals surface area contributed by atoms with E-state index in [9.17, 15) is 4.79 Å². The van der Waals surface area contributed by atoms with E-state index in [0.29, 0.717) is 12.5 Å². The van der Waals surface area contributed by atoms with Gasteiger partial charge in [0.2, 0.25) is 0 Å². The molecule has 2 amide bonds. The van der Waals surface area contributed by atoms with Crippen LogP contribution in [0.15, 0.2) is 24.3 Å². The Hall–Kier alpha value is -1.75. The number of carbonyl (C=O) groups excluding carboxylic acids is 1. The number of benzene rings is 1. The number of amides is 2. The highest BCUT2D eigenvalue weighted by Gasteiger charge is 2.16. The second-order valence-electron chi connectivity index (χ2n) is 6.60. The van der Waals surface area contributed by atoms with Crippen molar-refractivity contribution in [3.63, 3.8) is 0 Å². The Balaban J connectivity index is 1.82. The monoisotopic (exact) mass is 318 g/mol. The minimum atomic E-state index is -0.139. The zero-order valence-corrected chi connectivity index (χ0v) is 14.6. The molecule has 0 aromatic heterocycles. The summed E-state index contributed by atoms with van der Waals surface area (Å²) in [6.07, 6.45) is 1.22. The molecule has 1 saturated heterocycles. The highest BCUT2D eigenvalue weighted by Crippen LogP contribution is 2.19. The van der Waals surface area contributed by atoms with Crippen LogP contribution in [-0.4, -0.2) is 50.2 Å². The maximum absolute atomic E-state index is 11.8. The first-order valence-corrected chi connectivity index (χ1v) is 8.70. The molecule has 1 aromatic carbocycles. The molecule has 0 unspecified atom stereocenters. The molecule has 2 N–H and O–H groups in total. The molecular weight excluding hydrogens is 288 g/mol. The quantitative estimate of drug-likeness (QED) is 0.848. The lowest BCUT2D eigenvalue weighted by molar-refractivity contribution is 0.251. The van der Waals surface area contributed by atoms with Gasteiger partial charge in [-0.05, 0) is 43.1 Å². The van der Waals surface area contributed by atoms with E-state index in [2.05, 4.69) is 53.3 Å². The zero-order valence-electron chi connectivity index (χ0n) is 14.6. The summed E-state index contributed by atoms with van der Waals surface area (Å²) in [4.78, 5) is 16.7. The van der Waals surface area contributed by atoms with Gasteiger partial charge in [0.25, 0.3) is 0 Å². The van der Waals surface area contributed by atoms with Crippen LogP contribution in [0.3, 0.4) is 0 Å². The Morgan fingerprint density at radius 2 is 1.78 bits per heavy atom. The Morgan fingerprint density at radius 3 is 2.35 bits per heavy atom. The van der Waals surface area contributed by atoms with Crippen molar-refractivity contribution in [1.29, 1.82) is 0 Å². The second kappa shape index (κ2) is 8.77. The third kappa shape index (κ3) is 5.75. The van der Waals surface area contributed by atoms with E-state index in [1.807, 2.05) is 12.1 Å². The number of anilines is 2. The van der Waals surface area contributed by atoms with Crippen molar-refractivity contribution in [2.24, 2.45) is 5.92 Å². The number of nitrogens with zero attached hydrogens (tertiary/aromatic N) is 2. The van der Waals surface area contributed by atoms with Crippen LogP contribution in [0.5, 0.6) is 0 Å². The standard InChI is InChI=1S/C18H30N4O/c1-4-9-21-10-12-22(13-11-21)17-7-5-16(6-8-17)20-18(23)19-14-15(2)3/h5-8,15H,4,9-14H2,1-3H3,(H2,19,20,23). The normalized spacial score (nSPS) is 15.7. The maximum atomic E-state index is 11.8. The van der Waals surface area contributed by atoms with Crippen molar-refractivity contribution < 1.29 is 4.79 Å². The molecule has 1 aromatic rings. The average Bonchev–Trinajstić information content (AvgIpc) is 2.55. The van der Waals surface area contributed by atoms with Crippen molar-refractivity contribution >= 4 is 17.4 Å². The van der Waals surface area contributed by atoms with E-state index in [1.165, 1.54) is 18.7 Å². The van der Waals surface area contributed by atoms with E-state index in [1.54, 1.807) is 0 Å². The van der Waals surface area contributed by atoms with Crippen LogP contribution in [0.25, 0.3) is 0 Å². The number of carbonyl (C=O) groups is 1. The molecule has 1 heterocycles. The molecule has 0 aliphatic carbocycles. The molecule has 5 heteroatoms. The summed E-state index contributed by atoms with van der Waals surface area (Å²) in [6, 6.07) is 7.99. The summed E-state index contributed by atoms with van der Waals surface area (Å²) in [5, 5.41) is 5.73. The van der Waals surface area contributed by atoms with Gasteiger partial charge in [-0.1, -0.05) is 20.8 Å². The van der Waals surface area contributed by atoms with Gasteiger partial charge in [-0.3, -0.25) is 4.90 Å². The van der Waals surface area contributed by atoms with Gasteiger partial charge in [-0.25, -0.2) is 4.79 Å². The van der Waals surface area contributed by atoms with Gasteiger partial charge >= 0.3 is 6.03 Å². The summed E-state index contributed by atoms with van der Waals surface area (Å²) in [5.74, 6) is 0.453. The van der Waals surface area contributed by atoms with E-state index < -0.39 is 0 Å². The largest absolute Gasteiger partial charge is 0.369 e. The molecule has 23 heavy (non-hydrogen) atoms. The summed E-state index contributed by atoms with van der Waals surface area (Å²) >= 11 is 0. The Kier molecular flexibility index (Phi) is 6.71. The molecule has 5 nitrogen and oxygen atoms in total. The fourth-order valence-electron chi connectivity index (χ4n) is 2.77. The molecule has 0 radical (unpaired) electrons. The molecule has 0 spiro atoms. The van der Waals surface area contributed by atoms with Crippen LogP contribution in [0.1, 0.15) is 27.2 Å². The van der Waals surface area contributed by atoms with Crippen LogP contribution < -0.4 is 15.5 Å². The van der Waals surface area contributed by atoms with E-state index >= 15 is 0 Å². The first-order chi connectivity index (χ1) is 11.1. The highest BCUT2D eigenvalue weighted by molar-refractivity contribution is 5.89. The van der Waals surface area contributed by atoms with Crippen LogP contribution >= 0.6 is 0 Å². The van der Waals surface area contributed by atoms with Gasteiger partial charge in [0, 0.05) is 44.1 Å².